The maximum atomic E-state index is 11.6. The van der Waals surface area contributed by atoms with E-state index in [-0.39, 0.29) is 5.16 Å². The molecule has 0 aliphatic heterocycles. The Hall–Kier alpha value is -0.680. The predicted molar refractivity (Wildman–Crippen MR) is 63.4 cm³/mol. The van der Waals surface area contributed by atoms with Gasteiger partial charge in [-0.3, -0.25) is 4.79 Å². The van der Waals surface area contributed by atoms with E-state index in [2.05, 4.69) is 32.9 Å². The monoisotopic (exact) mass is 208 g/mol. The Morgan fingerprint density at radius 3 is 2.00 bits per heavy atom. The van der Waals surface area contributed by atoms with Gasteiger partial charge in [0.2, 0.25) is 0 Å². The largest absolute Gasteiger partial charge is 0.295 e. The predicted octanol–water partition coefficient (Wildman–Crippen LogP) is 3.14. The zero-order valence-electron chi connectivity index (χ0n) is 9.24. The van der Waals surface area contributed by atoms with Gasteiger partial charge < -0.3 is 0 Å². The second-order valence-corrected chi connectivity index (χ2v) is 7.52. The van der Waals surface area contributed by atoms with Crippen LogP contribution in [0.5, 0.6) is 0 Å². The fourth-order valence-corrected chi connectivity index (χ4v) is 4.17. The van der Waals surface area contributed by atoms with E-state index in [4.69, 9.17) is 0 Å². The van der Waals surface area contributed by atoms with Crippen molar-refractivity contribution >= 4 is 18.8 Å². The van der Waals surface area contributed by atoms with Crippen molar-refractivity contribution in [1.82, 2.24) is 0 Å². The van der Waals surface area contributed by atoms with Crippen molar-refractivity contribution in [2.24, 2.45) is 0 Å². The molecule has 0 fully saturated rings. The quantitative estimate of drug-likeness (QED) is 0.682. The molecule has 1 unspecified atom stereocenters. The summed E-state index contributed by atoms with van der Waals surface area (Å²) in [4.78, 5) is 11.6. The maximum Gasteiger partial charge on any atom is 0.156 e. The molecule has 0 aliphatic carbocycles. The van der Waals surface area contributed by atoms with Gasteiger partial charge in [-0.25, -0.2) is 0 Å². The van der Waals surface area contributed by atoms with E-state index in [1.807, 2.05) is 18.2 Å². The highest BCUT2D eigenvalue weighted by atomic mass is 31.1. The van der Waals surface area contributed by atoms with Crippen molar-refractivity contribution in [1.29, 1.82) is 0 Å². The van der Waals surface area contributed by atoms with Crippen LogP contribution in [0, 0.1) is 0 Å². The van der Waals surface area contributed by atoms with E-state index in [1.165, 1.54) is 5.30 Å². The van der Waals surface area contributed by atoms with Crippen molar-refractivity contribution in [3.05, 3.63) is 30.3 Å². The molecule has 0 radical (unpaired) electrons. The first-order valence-corrected chi connectivity index (χ1v) is 6.13. The van der Waals surface area contributed by atoms with Crippen LogP contribution in [0.3, 0.4) is 0 Å². The molecule has 0 spiro atoms. The Labute approximate surface area is 87.3 Å². The first-order valence-electron chi connectivity index (χ1n) is 4.79. The van der Waals surface area contributed by atoms with Crippen LogP contribution in [-0.2, 0) is 4.79 Å². The van der Waals surface area contributed by atoms with Crippen molar-refractivity contribution in [3.8, 4) is 0 Å². The zero-order chi connectivity index (χ0) is 10.8. The normalized spacial score (nSPS) is 13.7. The van der Waals surface area contributed by atoms with Gasteiger partial charge in [0, 0.05) is 7.92 Å². The fourth-order valence-electron chi connectivity index (χ4n) is 1.62. The molecule has 0 saturated heterocycles. The molecule has 0 N–H and O–H groups in total. The highest BCUT2D eigenvalue weighted by Crippen LogP contribution is 2.48. The minimum absolute atomic E-state index is 0.0581. The van der Waals surface area contributed by atoms with E-state index >= 15 is 0 Å². The summed E-state index contributed by atoms with van der Waals surface area (Å²) in [7, 11) is -0.695. The summed E-state index contributed by atoms with van der Waals surface area (Å²) < 4.78 is 0. The molecule has 1 aromatic rings. The van der Waals surface area contributed by atoms with Crippen LogP contribution < -0.4 is 5.30 Å². The summed E-state index contributed by atoms with van der Waals surface area (Å²) in [6, 6.07) is 10.1. The smallest absolute Gasteiger partial charge is 0.156 e. The second-order valence-electron chi connectivity index (χ2n) is 4.36. The molecule has 1 aromatic carbocycles. The summed E-state index contributed by atoms with van der Waals surface area (Å²) >= 11 is 0. The molecular formula is C12H17OP. The molecule has 0 amide bonds. The van der Waals surface area contributed by atoms with E-state index < -0.39 is 7.92 Å². The Morgan fingerprint density at radius 2 is 1.64 bits per heavy atom. The molecule has 0 saturated carbocycles. The van der Waals surface area contributed by atoms with Crippen molar-refractivity contribution < 1.29 is 4.79 Å². The van der Waals surface area contributed by atoms with Gasteiger partial charge >= 0.3 is 0 Å². The minimum Gasteiger partial charge on any atom is -0.295 e. The molecule has 0 aromatic heterocycles. The third-order valence-electron chi connectivity index (χ3n) is 2.00. The molecule has 2 heteroatoms. The minimum atomic E-state index is -0.695. The van der Waals surface area contributed by atoms with Gasteiger partial charge in [0.05, 0.1) is 0 Å². The molecule has 0 aliphatic rings. The fraction of sp³-hybridized carbons (Fsp3) is 0.417. The van der Waals surface area contributed by atoms with Crippen LogP contribution in [0.15, 0.2) is 30.3 Å². The van der Waals surface area contributed by atoms with E-state index in [1.54, 1.807) is 6.92 Å². The van der Waals surface area contributed by atoms with Crippen molar-refractivity contribution in [2.75, 3.05) is 0 Å². The average Bonchev–Trinajstić information content (AvgIpc) is 2.02. The summed E-state index contributed by atoms with van der Waals surface area (Å²) in [5.41, 5.74) is 0.304. The van der Waals surface area contributed by atoms with Gasteiger partial charge in [0.1, 0.15) is 0 Å². The van der Waals surface area contributed by atoms with Crippen molar-refractivity contribution in [3.63, 3.8) is 0 Å². The topological polar surface area (TPSA) is 17.1 Å². The molecule has 1 nitrogen and oxygen atoms in total. The van der Waals surface area contributed by atoms with E-state index in [0.29, 0.717) is 5.52 Å². The first-order chi connectivity index (χ1) is 6.43. The van der Waals surface area contributed by atoms with Gasteiger partial charge in [-0.1, -0.05) is 51.1 Å². The lowest BCUT2D eigenvalue weighted by Crippen LogP contribution is -2.22. The summed E-state index contributed by atoms with van der Waals surface area (Å²) in [5.74, 6) is 0. The SMILES string of the molecule is CC(=O)P(c1ccccc1)C(C)(C)C. The van der Waals surface area contributed by atoms with Crippen LogP contribution in [-0.4, -0.2) is 10.7 Å². The van der Waals surface area contributed by atoms with Crippen LogP contribution in [0.4, 0.5) is 0 Å². The van der Waals surface area contributed by atoms with Gasteiger partial charge in [0.15, 0.2) is 5.52 Å². The zero-order valence-corrected chi connectivity index (χ0v) is 10.1. The first kappa shape index (κ1) is 11.4. The number of benzene rings is 1. The maximum absolute atomic E-state index is 11.6. The van der Waals surface area contributed by atoms with Gasteiger partial charge in [-0.05, 0) is 17.4 Å². The van der Waals surface area contributed by atoms with E-state index in [0.717, 1.165) is 0 Å². The molecule has 1 atom stereocenters. The molecule has 0 heterocycles. The van der Waals surface area contributed by atoms with Gasteiger partial charge in [-0.15, -0.1) is 0 Å². The lowest BCUT2D eigenvalue weighted by molar-refractivity contribution is -0.109. The molecule has 1 rings (SSSR count). The summed E-state index contributed by atoms with van der Waals surface area (Å²) in [5, 5.41) is 1.24. The number of carbonyl (C=O) groups is 1. The molecule has 14 heavy (non-hydrogen) atoms. The number of hydrogen-bond acceptors (Lipinski definition) is 1. The lowest BCUT2D eigenvalue weighted by atomic mass is 10.3. The number of hydrogen-bond donors (Lipinski definition) is 0. The third kappa shape index (κ3) is 2.65. The number of rotatable bonds is 2. The van der Waals surface area contributed by atoms with Crippen LogP contribution in [0.25, 0.3) is 0 Å². The van der Waals surface area contributed by atoms with Crippen LogP contribution in [0.1, 0.15) is 27.7 Å². The van der Waals surface area contributed by atoms with E-state index in [9.17, 15) is 4.79 Å². The Balaban J connectivity index is 3.08. The van der Waals surface area contributed by atoms with Gasteiger partial charge in [-0.2, -0.15) is 0 Å². The second kappa shape index (κ2) is 4.23. The number of carbonyl (C=O) groups excluding carboxylic acids is 1. The molecule has 76 valence electrons. The standard InChI is InChI=1S/C12H17OP/c1-10(13)14(12(2,3)4)11-8-6-5-7-9-11/h5-9H,1-4H3. The lowest BCUT2D eigenvalue weighted by Gasteiger charge is -2.29. The highest BCUT2D eigenvalue weighted by Gasteiger charge is 2.29. The Kier molecular flexibility index (Phi) is 3.44. The molecule has 0 bridgehead atoms. The Bertz CT molecular complexity index is 311. The van der Waals surface area contributed by atoms with Crippen molar-refractivity contribution in [2.45, 2.75) is 32.9 Å². The third-order valence-corrected chi connectivity index (χ3v) is 4.79. The summed E-state index contributed by atoms with van der Waals surface area (Å²) in [6.45, 7) is 8.09. The van der Waals surface area contributed by atoms with Crippen LogP contribution >= 0.6 is 7.92 Å². The highest BCUT2D eigenvalue weighted by molar-refractivity contribution is 7.82. The Morgan fingerprint density at radius 1 is 1.14 bits per heavy atom. The molecular weight excluding hydrogens is 191 g/mol. The average molecular weight is 208 g/mol. The van der Waals surface area contributed by atoms with Crippen LogP contribution in [0.2, 0.25) is 0 Å². The van der Waals surface area contributed by atoms with Gasteiger partial charge in [0.25, 0.3) is 0 Å². The summed E-state index contributed by atoms with van der Waals surface area (Å²) in [6.07, 6.45) is 0.